The minimum absolute atomic E-state index is 0.00910. The molecule has 0 bridgehead atoms. The normalized spacial score (nSPS) is 13.9. The molecule has 0 heterocycles. The van der Waals surface area contributed by atoms with Crippen LogP contribution in [-0.2, 0) is 14.3 Å². The predicted octanol–water partition coefficient (Wildman–Crippen LogP) is 4.84. The number of aliphatic carboxylic acids is 1. The number of benzene rings is 2. The molecule has 34 heavy (non-hydrogen) atoms. The summed E-state index contributed by atoms with van der Waals surface area (Å²) in [6.07, 6.45) is 2.08. The molecule has 2 aromatic carbocycles. The number of rotatable bonds is 12. The molecule has 0 aromatic heterocycles. The molecular weight excluding hydrogens is 432 g/mol. The zero-order valence-electron chi connectivity index (χ0n) is 19.9. The van der Waals surface area contributed by atoms with Crippen molar-refractivity contribution in [3.8, 4) is 11.1 Å². The summed E-state index contributed by atoms with van der Waals surface area (Å²) in [4.78, 5) is 35.9. The summed E-state index contributed by atoms with van der Waals surface area (Å²) < 4.78 is 5.62. The van der Waals surface area contributed by atoms with E-state index in [1.807, 2.05) is 38.1 Å². The molecule has 2 amide bonds. The zero-order chi connectivity index (χ0) is 24.5. The number of carbonyl (C=O) groups excluding carboxylic acids is 2. The van der Waals surface area contributed by atoms with Crippen molar-refractivity contribution >= 4 is 18.0 Å². The summed E-state index contributed by atoms with van der Waals surface area (Å²) in [5, 5.41) is 14.6. The summed E-state index contributed by atoms with van der Waals surface area (Å²) in [6.45, 7) is 4.12. The largest absolute Gasteiger partial charge is 0.481 e. The van der Waals surface area contributed by atoms with E-state index in [0.29, 0.717) is 19.3 Å². The predicted molar refractivity (Wildman–Crippen MR) is 131 cm³/mol. The van der Waals surface area contributed by atoms with Gasteiger partial charge in [-0.1, -0.05) is 68.8 Å². The first kappa shape index (κ1) is 25.3. The summed E-state index contributed by atoms with van der Waals surface area (Å²) in [5.74, 6) is -1.10. The average Bonchev–Trinajstić information content (AvgIpc) is 3.14. The number of hydrogen-bond acceptors (Lipinski definition) is 4. The Bertz CT molecular complexity index is 961. The van der Waals surface area contributed by atoms with Gasteiger partial charge in [-0.05, 0) is 41.5 Å². The quantitative estimate of drug-likeness (QED) is 0.415. The molecule has 1 aliphatic carbocycles. The van der Waals surface area contributed by atoms with E-state index >= 15 is 0 Å². The van der Waals surface area contributed by atoms with E-state index in [0.717, 1.165) is 17.5 Å². The van der Waals surface area contributed by atoms with Crippen LogP contribution in [0.15, 0.2) is 48.5 Å². The van der Waals surface area contributed by atoms with E-state index < -0.39 is 12.1 Å². The molecule has 1 aliphatic rings. The molecule has 0 fully saturated rings. The lowest BCUT2D eigenvalue weighted by atomic mass is 9.98. The Hall–Kier alpha value is -3.35. The zero-order valence-corrected chi connectivity index (χ0v) is 19.9. The van der Waals surface area contributed by atoms with Crippen molar-refractivity contribution in [1.29, 1.82) is 0 Å². The van der Waals surface area contributed by atoms with Crippen molar-refractivity contribution < 1.29 is 24.2 Å². The maximum Gasteiger partial charge on any atom is 0.407 e. The molecule has 0 saturated carbocycles. The molecule has 0 aliphatic heterocycles. The number of amides is 2. The smallest absolute Gasteiger partial charge is 0.407 e. The molecule has 182 valence electrons. The number of fused-ring (bicyclic) bond motifs is 3. The van der Waals surface area contributed by atoms with Crippen molar-refractivity contribution in [2.45, 2.75) is 70.4 Å². The maximum absolute atomic E-state index is 12.6. The Morgan fingerprint density at radius 1 is 0.912 bits per heavy atom. The van der Waals surface area contributed by atoms with Gasteiger partial charge in [0, 0.05) is 30.8 Å². The summed E-state index contributed by atoms with van der Waals surface area (Å²) in [7, 11) is 0. The Balaban J connectivity index is 1.55. The monoisotopic (exact) mass is 466 g/mol. The van der Waals surface area contributed by atoms with Gasteiger partial charge >= 0.3 is 12.1 Å². The van der Waals surface area contributed by atoms with Gasteiger partial charge < -0.3 is 20.5 Å². The maximum atomic E-state index is 12.6. The summed E-state index contributed by atoms with van der Waals surface area (Å²) >= 11 is 0. The van der Waals surface area contributed by atoms with Crippen molar-refractivity contribution in [2.24, 2.45) is 0 Å². The van der Waals surface area contributed by atoms with Crippen LogP contribution in [0.25, 0.3) is 11.1 Å². The number of carbonyl (C=O) groups is 3. The number of hydrogen-bond donors (Lipinski definition) is 3. The van der Waals surface area contributed by atoms with Gasteiger partial charge in [-0.3, -0.25) is 9.59 Å². The molecule has 0 spiro atoms. The molecule has 2 aromatic rings. The highest BCUT2D eigenvalue weighted by molar-refractivity contribution is 5.79. The van der Waals surface area contributed by atoms with Gasteiger partial charge in [0.25, 0.3) is 0 Å². The molecule has 7 nitrogen and oxygen atoms in total. The van der Waals surface area contributed by atoms with Crippen LogP contribution < -0.4 is 10.6 Å². The first-order valence-corrected chi connectivity index (χ1v) is 12.1. The standard InChI is InChI=1S/C27H34N2O5/c1-3-9-19(16-25(30)28-18(4-2)14-15-26(31)32)29-27(33)34-17-24-22-12-7-5-10-20(22)21-11-6-8-13-23(21)24/h5-8,10-13,18-19,24H,3-4,9,14-17H2,1-2H3,(H,28,30)(H,29,33)(H,31,32)/t18?,19-/m0/s1. The van der Waals surface area contributed by atoms with Crippen LogP contribution in [0.2, 0.25) is 0 Å². The Morgan fingerprint density at radius 3 is 2.09 bits per heavy atom. The lowest BCUT2D eigenvalue weighted by molar-refractivity contribution is -0.137. The molecule has 1 unspecified atom stereocenters. The lowest BCUT2D eigenvalue weighted by Gasteiger charge is -2.21. The minimum Gasteiger partial charge on any atom is -0.481 e. The van der Waals surface area contributed by atoms with E-state index in [1.54, 1.807) is 0 Å². The van der Waals surface area contributed by atoms with E-state index in [9.17, 15) is 14.4 Å². The summed E-state index contributed by atoms with van der Waals surface area (Å²) in [5.41, 5.74) is 4.63. The third kappa shape index (κ3) is 6.59. The van der Waals surface area contributed by atoms with Crippen molar-refractivity contribution in [1.82, 2.24) is 10.6 Å². The number of ether oxygens (including phenoxy) is 1. The minimum atomic E-state index is -0.881. The Labute approximate surface area is 200 Å². The van der Waals surface area contributed by atoms with Gasteiger partial charge in [-0.15, -0.1) is 0 Å². The van der Waals surface area contributed by atoms with Crippen molar-refractivity contribution in [3.63, 3.8) is 0 Å². The van der Waals surface area contributed by atoms with Crippen LogP contribution in [0.1, 0.15) is 69.4 Å². The van der Waals surface area contributed by atoms with Gasteiger partial charge in [0.2, 0.25) is 5.91 Å². The highest BCUT2D eigenvalue weighted by Gasteiger charge is 2.29. The fraction of sp³-hybridized carbons (Fsp3) is 0.444. The molecule has 3 rings (SSSR count). The molecule has 0 saturated heterocycles. The Morgan fingerprint density at radius 2 is 1.53 bits per heavy atom. The van der Waals surface area contributed by atoms with Crippen molar-refractivity contribution in [3.05, 3.63) is 59.7 Å². The van der Waals surface area contributed by atoms with Crippen LogP contribution in [0.4, 0.5) is 4.79 Å². The van der Waals surface area contributed by atoms with Crippen LogP contribution in [0, 0.1) is 0 Å². The first-order chi connectivity index (χ1) is 16.4. The van der Waals surface area contributed by atoms with Gasteiger partial charge in [-0.25, -0.2) is 4.79 Å². The Kier molecular flexibility index (Phi) is 9.08. The first-order valence-electron chi connectivity index (χ1n) is 12.1. The molecule has 3 N–H and O–H groups in total. The van der Waals surface area contributed by atoms with Gasteiger partial charge in [-0.2, -0.15) is 0 Å². The van der Waals surface area contributed by atoms with Crippen molar-refractivity contribution in [2.75, 3.05) is 6.61 Å². The van der Waals surface area contributed by atoms with E-state index in [4.69, 9.17) is 9.84 Å². The molecule has 2 atom stereocenters. The number of carboxylic acid groups (broad SMARTS) is 1. The van der Waals surface area contributed by atoms with Crippen LogP contribution in [0.5, 0.6) is 0 Å². The fourth-order valence-electron chi connectivity index (χ4n) is 4.57. The van der Waals surface area contributed by atoms with E-state index in [1.165, 1.54) is 11.1 Å². The number of nitrogens with one attached hydrogen (secondary N) is 2. The SMILES string of the molecule is CCC[C@@H](CC(=O)NC(CC)CCC(=O)O)NC(=O)OCC1c2ccccc2-c2ccccc21. The third-order valence-electron chi connectivity index (χ3n) is 6.30. The topological polar surface area (TPSA) is 105 Å². The second-order valence-corrected chi connectivity index (χ2v) is 8.76. The van der Waals surface area contributed by atoms with Crippen LogP contribution in [-0.4, -0.2) is 41.8 Å². The molecule has 0 radical (unpaired) electrons. The number of carboxylic acids is 1. The average molecular weight is 467 g/mol. The highest BCUT2D eigenvalue weighted by Crippen LogP contribution is 2.44. The summed E-state index contributed by atoms with van der Waals surface area (Å²) in [6, 6.07) is 15.8. The van der Waals surface area contributed by atoms with E-state index in [-0.39, 0.29) is 43.4 Å². The second-order valence-electron chi connectivity index (χ2n) is 8.76. The molecule has 7 heteroatoms. The molecular formula is C27H34N2O5. The van der Waals surface area contributed by atoms with E-state index in [2.05, 4.69) is 34.9 Å². The highest BCUT2D eigenvalue weighted by atomic mass is 16.5. The van der Waals surface area contributed by atoms with Gasteiger partial charge in [0.1, 0.15) is 6.61 Å². The van der Waals surface area contributed by atoms with Crippen LogP contribution in [0.3, 0.4) is 0 Å². The van der Waals surface area contributed by atoms with Crippen LogP contribution >= 0.6 is 0 Å². The van der Waals surface area contributed by atoms with Gasteiger partial charge in [0.05, 0.1) is 0 Å². The second kappa shape index (κ2) is 12.2. The lowest BCUT2D eigenvalue weighted by Crippen LogP contribution is -2.42. The van der Waals surface area contributed by atoms with Gasteiger partial charge in [0.15, 0.2) is 0 Å². The fourth-order valence-corrected chi connectivity index (χ4v) is 4.57. The number of alkyl carbamates (subject to hydrolysis) is 1. The third-order valence-corrected chi connectivity index (χ3v) is 6.30.